The van der Waals surface area contributed by atoms with Crippen LogP contribution in [0.2, 0.25) is 0 Å². The van der Waals surface area contributed by atoms with Gasteiger partial charge in [-0.15, -0.1) is 0 Å². The van der Waals surface area contributed by atoms with E-state index in [1.54, 1.807) is 26.8 Å². The summed E-state index contributed by atoms with van der Waals surface area (Å²) in [7, 11) is -3.70. The van der Waals surface area contributed by atoms with Gasteiger partial charge >= 0.3 is 0 Å². The molecule has 1 aromatic carbocycles. The van der Waals surface area contributed by atoms with Gasteiger partial charge in [0, 0.05) is 0 Å². The Balaban J connectivity index is 2.44. The SMILES string of the molecule is Cc1cc(C#N)ccc1S(=O)(=O)Nc1c(C)n[nH]c1C. The van der Waals surface area contributed by atoms with Crippen LogP contribution >= 0.6 is 0 Å². The zero-order valence-electron chi connectivity index (χ0n) is 11.4. The molecule has 2 rings (SSSR count). The summed E-state index contributed by atoms with van der Waals surface area (Å²) >= 11 is 0. The lowest BCUT2D eigenvalue weighted by atomic mass is 10.2. The summed E-state index contributed by atoms with van der Waals surface area (Å²) in [4.78, 5) is 0.150. The van der Waals surface area contributed by atoms with E-state index < -0.39 is 10.0 Å². The number of rotatable bonds is 3. The number of anilines is 1. The van der Waals surface area contributed by atoms with Gasteiger partial charge in [0.25, 0.3) is 10.0 Å². The van der Waals surface area contributed by atoms with Gasteiger partial charge in [0.05, 0.1) is 33.6 Å². The fourth-order valence-corrected chi connectivity index (χ4v) is 3.32. The zero-order chi connectivity index (χ0) is 14.9. The van der Waals surface area contributed by atoms with Crippen LogP contribution in [0.3, 0.4) is 0 Å². The number of nitrogens with one attached hydrogen (secondary N) is 2. The number of H-pyrrole nitrogens is 1. The highest BCUT2D eigenvalue weighted by atomic mass is 32.2. The second-order valence-corrected chi connectivity index (χ2v) is 6.16. The maximum absolute atomic E-state index is 12.4. The lowest BCUT2D eigenvalue weighted by Crippen LogP contribution is -2.15. The van der Waals surface area contributed by atoms with Crippen LogP contribution in [0.5, 0.6) is 0 Å². The first-order valence-corrected chi connectivity index (χ1v) is 7.38. The summed E-state index contributed by atoms with van der Waals surface area (Å²) in [6.07, 6.45) is 0. The molecule has 2 N–H and O–H groups in total. The lowest BCUT2D eigenvalue weighted by Gasteiger charge is -2.10. The maximum Gasteiger partial charge on any atom is 0.262 e. The van der Waals surface area contributed by atoms with Gasteiger partial charge in [-0.05, 0) is 44.5 Å². The van der Waals surface area contributed by atoms with Gasteiger partial charge in [-0.1, -0.05) is 0 Å². The van der Waals surface area contributed by atoms with Crippen molar-refractivity contribution >= 4 is 15.7 Å². The van der Waals surface area contributed by atoms with E-state index in [4.69, 9.17) is 5.26 Å². The van der Waals surface area contributed by atoms with Crippen LogP contribution in [0, 0.1) is 32.1 Å². The largest absolute Gasteiger partial charge is 0.280 e. The second kappa shape index (κ2) is 4.98. The van der Waals surface area contributed by atoms with Crippen molar-refractivity contribution in [2.24, 2.45) is 0 Å². The molecule has 2 aromatic rings. The van der Waals surface area contributed by atoms with Crippen molar-refractivity contribution < 1.29 is 8.42 Å². The van der Waals surface area contributed by atoms with Gasteiger partial charge < -0.3 is 0 Å². The Kier molecular flexibility index (Phi) is 3.51. The molecule has 0 aliphatic heterocycles. The van der Waals surface area contributed by atoms with E-state index in [9.17, 15) is 8.42 Å². The third-order valence-corrected chi connectivity index (χ3v) is 4.47. The van der Waals surface area contributed by atoms with Gasteiger partial charge in [-0.3, -0.25) is 9.82 Å². The zero-order valence-corrected chi connectivity index (χ0v) is 12.2. The van der Waals surface area contributed by atoms with Crippen molar-refractivity contribution in [1.82, 2.24) is 10.2 Å². The highest BCUT2D eigenvalue weighted by Crippen LogP contribution is 2.23. The highest BCUT2D eigenvalue weighted by Gasteiger charge is 2.20. The van der Waals surface area contributed by atoms with Crippen LogP contribution in [-0.2, 0) is 10.0 Å². The fourth-order valence-electron chi connectivity index (χ4n) is 1.91. The summed E-state index contributed by atoms with van der Waals surface area (Å²) in [5.74, 6) is 0. The predicted molar refractivity (Wildman–Crippen MR) is 74.8 cm³/mol. The van der Waals surface area contributed by atoms with E-state index in [1.807, 2.05) is 6.07 Å². The number of aromatic amines is 1. The number of aryl methyl sites for hydroxylation is 3. The number of nitriles is 1. The standard InChI is InChI=1S/C13H14N4O2S/c1-8-6-11(7-14)4-5-12(8)20(18,19)17-13-9(2)15-16-10(13)3/h4-6,17H,1-3H3,(H,15,16). The quantitative estimate of drug-likeness (QED) is 0.903. The fraction of sp³-hybridized carbons (Fsp3) is 0.231. The molecule has 0 radical (unpaired) electrons. The van der Waals surface area contributed by atoms with E-state index in [1.165, 1.54) is 12.1 Å². The molecular weight excluding hydrogens is 276 g/mol. The average Bonchev–Trinajstić information content (AvgIpc) is 2.69. The Labute approximate surface area is 117 Å². The molecule has 0 fully saturated rings. The molecule has 0 amide bonds. The Bertz CT molecular complexity index is 781. The smallest absolute Gasteiger partial charge is 0.262 e. The monoisotopic (exact) mass is 290 g/mol. The molecule has 7 heteroatoms. The van der Waals surface area contributed by atoms with Crippen LogP contribution in [0.1, 0.15) is 22.5 Å². The minimum atomic E-state index is -3.70. The van der Waals surface area contributed by atoms with Gasteiger partial charge in [-0.25, -0.2) is 8.42 Å². The van der Waals surface area contributed by atoms with E-state index in [0.717, 1.165) is 0 Å². The Hall–Kier alpha value is -2.33. The highest BCUT2D eigenvalue weighted by molar-refractivity contribution is 7.92. The molecule has 0 bridgehead atoms. The topological polar surface area (TPSA) is 98.6 Å². The number of sulfonamides is 1. The van der Waals surface area contributed by atoms with Crippen molar-refractivity contribution in [2.45, 2.75) is 25.7 Å². The van der Waals surface area contributed by atoms with Gasteiger partial charge in [0.1, 0.15) is 0 Å². The lowest BCUT2D eigenvalue weighted by molar-refractivity contribution is 0.600. The molecular formula is C13H14N4O2S. The van der Waals surface area contributed by atoms with E-state index >= 15 is 0 Å². The third-order valence-electron chi connectivity index (χ3n) is 2.96. The van der Waals surface area contributed by atoms with Gasteiger partial charge in [0.2, 0.25) is 0 Å². The molecule has 0 aliphatic rings. The maximum atomic E-state index is 12.4. The van der Waals surface area contributed by atoms with Crippen LogP contribution in [-0.4, -0.2) is 18.6 Å². The van der Waals surface area contributed by atoms with Crippen LogP contribution in [0.15, 0.2) is 23.1 Å². The van der Waals surface area contributed by atoms with E-state index in [0.29, 0.717) is 28.2 Å². The van der Waals surface area contributed by atoms with E-state index in [-0.39, 0.29) is 4.90 Å². The van der Waals surface area contributed by atoms with Crippen molar-refractivity contribution in [3.8, 4) is 6.07 Å². The van der Waals surface area contributed by atoms with Gasteiger partial charge in [-0.2, -0.15) is 10.4 Å². The van der Waals surface area contributed by atoms with Crippen LogP contribution in [0.25, 0.3) is 0 Å². The van der Waals surface area contributed by atoms with Crippen LogP contribution < -0.4 is 4.72 Å². The number of aromatic nitrogens is 2. The second-order valence-electron chi connectivity index (χ2n) is 4.51. The number of nitrogens with zero attached hydrogens (tertiary/aromatic N) is 2. The summed E-state index contributed by atoms with van der Waals surface area (Å²) in [6, 6.07) is 6.44. The number of hydrogen-bond acceptors (Lipinski definition) is 4. The molecule has 0 atom stereocenters. The van der Waals surface area contributed by atoms with Crippen molar-refractivity contribution in [1.29, 1.82) is 5.26 Å². The first-order chi connectivity index (χ1) is 9.35. The normalized spacial score (nSPS) is 11.1. The summed E-state index contributed by atoms with van der Waals surface area (Å²) < 4.78 is 27.3. The Morgan fingerprint density at radius 3 is 2.50 bits per heavy atom. The van der Waals surface area contributed by atoms with Crippen LogP contribution in [0.4, 0.5) is 5.69 Å². The molecule has 0 saturated heterocycles. The Morgan fingerprint density at radius 2 is 2.00 bits per heavy atom. The molecule has 0 spiro atoms. The predicted octanol–water partition coefficient (Wildman–Crippen LogP) is 2.01. The van der Waals surface area contributed by atoms with Gasteiger partial charge in [0.15, 0.2) is 0 Å². The molecule has 0 unspecified atom stereocenters. The first kappa shape index (κ1) is 14.1. The molecule has 1 aromatic heterocycles. The molecule has 20 heavy (non-hydrogen) atoms. The molecule has 6 nitrogen and oxygen atoms in total. The molecule has 0 aliphatic carbocycles. The molecule has 0 saturated carbocycles. The first-order valence-electron chi connectivity index (χ1n) is 5.90. The average molecular weight is 290 g/mol. The Morgan fingerprint density at radius 1 is 1.30 bits per heavy atom. The molecule has 104 valence electrons. The summed E-state index contributed by atoms with van der Waals surface area (Å²) in [5, 5.41) is 15.5. The van der Waals surface area contributed by atoms with Crippen molar-refractivity contribution in [3.05, 3.63) is 40.7 Å². The summed E-state index contributed by atoms with van der Waals surface area (Å²) in [5.41, 5.74) is 2.64. The van der Waals surface area contributed by atoms with Crippen molar-refractivity contribution in [2.75, 3.05) is 4.72 Å². The number of hydrogen-bond donors (Lipinski definition) is 2. The molecule has 1 heterocycles. The van der Waals surface area contributed by atoms with Crippen molar-refractivity contribution in [3.63, 3.8) is 0 Å². The minimum Gasteiger partial charge on any atom is -0.280 e. The third kappa shape index (κ3) is 2.51. The summed E-state index contributed by atoms with van der Waals surface area (Å²) in [6.45, 7) is 5.11. The minimum absolute atomic E-state index is 0.150. The number of benzene rings is 1. The van der Waals surface area contributed by atoms with E-state index in [2.05, 4.69) is 14.9 Å².